The van der Waals surface area contributed by atoms with E-state index >= 15 is 0 Å². The Bertz CT molecular complexity index is 347. The Hall–Kier alpha value is -1.34. The highest BCUT2D eigenvalue weighted by atomic mass is 16.5. The lowest BCUT2D eigenvalue weighted by Gasteiger charge is -2.24. The van der Waals surface area contributed by atoms with E-state index in [0.717, 1.165) is 45.1 Å². The van der Waals surface area contributed by atoms with Gasteiger partial charge >= 0.3 is 0 Å². The van der Waals surface area contributed by atoms with Crippen LogP contribution in [-0.2, 0) is 11.2 Å². The van der Waals surface area contributed by atoms with E-state index < -0.39 is 0 Å². The lowest BCUT2D eigenvalue weighted by molar-refractivity contribution is 0.0217. The molecule has 1 fully saturated rings. The van der Waals surface area contributed by atoms with Gasteiger partial charge < -0.3 is 9.72 Å². The van der Waals surface area contributed by atoms with Crippen LogP contribution in [0, 0.1) is 17.2 Å². The van der Waals surface area contributed by atoms with Crippen LogP contribution in [0.4, 0.5) is 0 Å². The van der Waals surface area contributed by atoms with Gasteiger partial charge in [-0.15, -0.1) is 0 Å². The summed E-state index contributed by atoms with van der Waals surface area (Å²) in [4.78, 5) is 7.07. The summed E-state index contributed by atoms with van der Waals surface area (Å²) in [7, 11) is 0. The number of nitrogens with zero attached hydrogens (tertiary/aromatic N) is 2. The molecule has 1 aliphatic carbocycles. The van der Waals surface area contributed by atoms with Crippen molar-refractivity contribution in [2.45, 2.75) is 44.6 Å². The van der Waals surface area contributed by atoms with Crippen molar-refractivity contribution < 1.29 is 4.74 Å². The molecule has 0 aromatic carbocycles. The predicted molar refractivity (Wildman–Crippen MR) is 64.2 cm³/mol. The van der Waals surface area contributed by atoms with Gasteiger partial charge in [0.05, 0.1) is 18.5 Å². The van der Waals surface area contributed by atoms with Crippen LogP contribution < -0.4 is 0 Å². The number of H-pyrrole nitrogens is 1. The summed E-state index contributed by atoms with van der Waals surface area (Å²) in [5, 5.41) is 8.80. The number of imidazole rings is 1. The number of aromatic nitrogens is 2. The molecule has 1 N–H and O–H groups in total. The molecule has 4 nitrogen and oxygen atoms in total. The third-order valence-electron chi connectivity index (χ3n) is 3.36. The quantitative estimate of drug-likeness (QED) is 0.794. The Morgan fingerprint density at radius 1 is 1.41 bits per heavy atom. The average Bonchev–Trinajstić information content (AvgIpc) is 2.88. The molecule has 0 atom stereocenters. The lowest BCUT2D eigenvalue weighted by Crippen LogP contribution is -2.21. The monoisotopic (exact) mass is 233 g/mol. The van der Waals surface area contributed by atoms with Crippen molar-refractivity contribution in [3.63, 3.8) is 0 Å². The van der Waals surface area contributed by atoms with Gasteiger partial charge in [-0.2, -0.15) is 5.26 Å². The minimum absolute atomic E-state index is 0.264. The molecule has 1 aromatic heterocycles. The third-order valence-corrected chi connectivity index (χ3v) is 3.36. The van der Waals surface area contributed by atoms with Gasteiger partial charge in [-0.1, -0.05) is 0 Å². The number of aryl methyl sites for hydroxylation is 1. The molecule has 0 saturated heterocycles. The highest BCUT2D eigenvalue weighted by molar-refractivity contribution is 4.93. The van der Waals surface area contributed by atoms with Crippen LogP contribution in [0.15, 0.2) is 12.5 Å². The van der Waals surface area contributed by atoms with Gasteiger partial charge in [0, 0.05) is 24.4 Å². The van der Waals surface area contributed by atoms with Crippen LogP contribution in [0.1, 0.15) is 37.8 Å². The Morgan fingerprint density at radius 3 is 2.88 bits per heavy atom. The first-order valence-corrected chi connectivity index (χ1v) is 6.37. The molecule has 0 radical (unpaired) electrons. The van der Waals surface area contributed by atoms with Gasteiger partial charge in [0.15, 0.2) is 0 Å². The van der Waals surface area contributed by atoms with Crippen LogP contribution in [0.25, 0.3) is 0 Å². The Balaban J connectivity index is 1.56. The largest absolute Gasteiger partial charge is 0.378 e. The summed E-state index contributed by atoms with van der Waals surface area (Å²) in [6.45, 7) is 0.806. The molecule has 1 aromatic rings. The molecule has 0 amide bonds. The van der Waals surface area contributed by atoms with Crippen molar-refractivity contribution in [2.75, 3.05) is 6.61 Å². The van der Waals surface area contributed by atoms with Gasteiger partial charge in [-0.05, 0) is 38.5 Å². The minimum atomic E-state index is 0.264. The molecule has 2 rings (SSSR count). The zero-order valence-electron chi connectivity index (χ0n) is 10.1. The summed E-state index contributed by atoms with van der Waals surface area (Å²) in [6, 6.07) is 2.34. The highest BCUT2D eigenvalue weighted by Gasteiger charge is 2.20. The highest BCUT2D eigenvalue weighted by Crippen LogP contribution is 2.25. The normalized spacial score (nSPS) is 24.4. The molecular weight excluding hydrogens is 214 g/mol. The molecule has 17 heavy (non-hydrogen) atoms. The second kappa shape index (κ2) is 6.41. The van der Waals surface area contributed by atoms with E-state index in [2.05, 4.69) is 16.0 Å². The zero-order chi connectivity index (χ0) is 11.9. The van der Waals surface area contributed by atoms with Crippen molar-refractivity contribution in [1.82, 2.24) is 9.97 Å². The fourth-order valence-corrected chi connectivity index (χ4v) is 2.29. The first-order chi connectivity index (χ1) is 8.38. The number of rotatable bonds is 5. The maximum atomic E-state index is 8.80. The molecule has 0 aliphatic heterocycles. The van der Waals surface area contributed by atoms with E-state index in [1.165, 1.54) is 5.69 Å². The van der Waals surface area contributed by atoms with Crippen LogP contribution in [0.5, 0.6) is 0 Å². The Kier molecular flexibility index (Phi) is 4.57. The van der Waals surface area contributed by atoms with Gasteiger partial charge in [-0.25, -0.2) is 4.98 Å². The van der Waals surface area contributed by atoms with E-state index in [0.29, 0.717) is 6.10 Å². The number of hydrogen-bond acceptors (Lipinski definition) is 3. The van der Waals surface area contributed by atoms with Crippen LogP contribution in [0.2, 0.25) is 0 Å². The summed E-state index contributed by atoms with van der Waals surface area (Å²) < 4.78 is 5.83. The molecule has 1 heterocycles. The molecule has 0 spiro atoms. The van der Waals surface area contributed by atoms with Crippen LogP contribution in [-0.4, -0.2) is 22.7 Å². The number of nitriles is 1. The smallest absolute Gasteiger partial charge is 0.0921 e. The van der Waals surface area contributed by atoms with Crippen molar-refractivity contribution in [1.29, 1.82) is 5.26 Å². The molecule has 92 valence electrons. The number of ether oxygens (including phenoxy) is 1. The minimum Gasteiger partial charge on any atom is -0.378 e. The van der Waals surface area contributed by atoms with Crippen molar-refractivity contribution >= 4 is 0 Å². The van der Waals surface area contributed by atoms with E-state index in [1.54, 1.807) is 6.33 Å². The van der Waals surface area contributed by atoms with Crippen LogP contribution in [0.3, 0.4) is 0 Å². The molecule has 0 unspecified atom stereocenters. The molecular formula is C13H19N3O. The van der Waals surface area contributed by atoms with Gasteiger partial charge in [0.1, 0.15) is 0 Å². The first-order valence-electron chi connectivity index (χ1n) is 6.37. The standard InChI is InChI=1S/C13H19N3O/c14-8-11-3-5-13(6-4-11)17-7-1-2-12-9-15-10-16-12/h9-11,13H,1-7H2,(H,15,16). The van der Waals surface area contributed by atoms with E-state index in [4.69, 9.17) is 10.00 Å². The van der Waals surface area contributed by atoms with Crippen molar-refractivity contribution in [3.05, 3.63) is 18.2 Å². The van der Waals surface area contributed by atoms with Crippen molar-refractivity contribution in [3.8, 4) is 6.07 Å². The topological polar surface area (TPSA) is 61.7 Å². The van der Waals surface area contributed by atoms with Gasteiger partial charge in [0.25, 0.3) is 0 Å². The second-order valence-corrected chi connectivity index (χ2v) is 4.65. The van der Waals surface area contributed by atoms with Gasteiger partial charge in [-0.3, -0.25) is 0 Å². The summed E-state index contributed by atoms with van der Waals surface area (Å²) in [5.74, 6) is 0.264. The number of aromatic amines is 1. The number of hydrogen-bond donors (Lipinski definition) is 1. The predicted octanol–water partition coefficient (Wildman–Crippen LogP) is 2.44. The molecule has 1 aliphatic rings. The third kappa shape index (κ3) is 3.86. The maximum Gasteiger partial charge on any atom is 0.0921 e. The first kappa shape index (κ1) is 12.1. The maximum absolute atomic E-state index is 8.80. The van der Waals surface area contributed by atoms with E-state index in [1.807, 2.05) is 6.20 Å². The van der Waals surface area contributed by atoms with Gasteiger partial charge in [0.2, 0.25) is 0 Å². The fraction of sp³-hybridized carbons (Fsp3) is 0.692. The molecule has 0 bridgehead atoms. The van der Waals surface area contributed by atoms with Crippen molar-refractivity contribution in [2.24, 2.45) is 5.92 Å². The Morgan fingerprint density at radius 2 is 2.24 bits per heavy atom. The Labute approximate surface area is 102 Å². The number of nitrogens with one attached hydrogen (secondary N) is 1. The fourth-order valence-electron chi connectivity index (χ4n) is 2.29. The van der Waals surface area contributed by atoms with Crippen LogP contribution >= 0.6 is 0 Å². The summed E-state index contributed by atoms with van der Waals surface area (Å²) in [6.07, 6.45) is 10.1. The summed E-state index contributed by atoms with van der Waals surface area (Å²) in [5.41, 5.74) is 1.17. The SMILES string of the molecule is N#CC1CCC(OCCCc2cnc[nH]2)CC1. The summed E-state index contributed by atoms with van der Waals surface area (Å²) >= 11 is 0. The average molecular weight is 233 g/mol. The lowest BCUT2D eigenvalue weighted by atomic mass is 9.88. The molecule has 4 heteroatoms. The van der Waals surface area contributed by atoms with E-state index in [9.17, 15) is 0 Å². The second-order valence-electron chi connectivity index (χ2n) is 4.65. The van der Waals surface area contributed by atoms with E-state index in [-0.39, 0.29) is 5.92 Å². The zero-order valence-corrected chi connectivity index (χ0v) is 10.1. The molecule has 1 saturated carbocycles.